The average Bonchev–Trinajstić information content (AvgIpc) is 2.46. The van der Waals surface area contributed by atoms with Crippen LogP contribution in [0.4, 0.5) is 0 Å². The summed E-state index contributed by atoms with van der Waals surface area (Å²) in [6.45, 7) is 8.45. The SMILES string of the molecule is CCCC(NC(=O)CCCc1ccc(C(C)(C)C)cc1)C(=O)O. The van der Waals surface area contributed by atoms with Crippen LogP contribution < -0.4 is 5.32 Å². The molecule has 0 aromatic heterocycles. The Hall–Kier alpha value is -1.84. The van der Waals surface area contributed by atoms with E-state index in [9.17, 15) is 9.59 Å². The molecule has 4 heteroatoms. The Morgan fingerprint density at radius 1 is 1.17 bits per heavy atom. The monoisotopic (exact) mass is 319 g/mol. The van der Waals surface area contributed by atoms with Gasteiger partial charge in [-0.2, -0.15) is 0 Å². The Balaban J connectivity index is 2.41. The van der Waals surface area contributed by atoms with Gasteiger partial charge in [0.1, 0.15) is 6.04 Å². The fourth-order valence-electron chi connectivity index (χ4n) is 2.44. The standard InChI is InChI=1S/C19H29NO3/c1-5-7-16(18(22)23)20-17(21)9-6-8-14-10-12-15(13-11-14)19(2,3)4/h10-13,16H,5-9H2,1-4H3,(H,20,21)(H,22,23). The number of carbonyl (C=O) groups excluding carboxylic acids is 1. The van der Waals surface area contributed by atoms with Gasteiger partial charge in [0, 0.05) is 6.42 Å². The molecule has 2 N–H and O–H groups in total. The highest BCUT2D eigenvalue weighted by Crippen LogP contribution is 2.22. The number of benzene rings is 1. The molecular weight excluding hydrogens is 290 g/mol. The molecule has 23 heavy (non-hydrogen) atoms. The number of amides is 1. The molecule has 0 aliphatic carbocycles. The molecule has 0 saturated heterocycles. The minimum Gasteiger partial charge on any atom is -0.480 e. The molecule has 1 atom stereocenters. The van der Waals surface area contributed by atoms with E-state index in [2.05, 4.69) is 50.4 Å². The Labute approximate surface area is 139 Å². The molecule has 0 aliphatic heterocycles. The normalized spacial score (nSPS) is 12.7. The topological polar surface area (TPSA) is 66.4 Å². The van der Waals surface area contributed by atoms with Gasteiger partial charge in [0.05, 0.1) is 0 Å². The van der Waals surface area contributed by atoms with E-state index in [1.54, 1.807) is 0 Å². The van der Waals surface area contributed by atoms with Crippen molar-refractivity contribution < 1.29 is 14.7 Å². The molecular formula is C19H29NO3. The van der Waals surface area contributed by atoms with E-state index >= 15 is 0 Å². The van der Waals surface area contributed by atoms with Crippen molar-refractivity contribution in [2.75, 3.05) is 0 Å². The fourth-order valence-corrected chi connectivity index (χ4v) is 2.44. The smallest absolute Gasteiger partial charge is 0.326 e. The third-order valence-corrected chi connectivity index (χ3v) is 3.90. The van der Waals surface area contributed by atoms with E-state index in [1.165, 1.54) is 11.1 Å². The lowest BCUT2D eigenvalue weighted by atomic mass is 9.86. The van der Waals surface area contributed by atoms with Gasteiger partial charge in [-0.3, -0.25) is 4.79 Å². The Morgan fingerprint density at radius 3 is 2.26 bits per heavy atom. The van der Waals surface area contributed by atoms with Crippen LogP contribution in [-0.4, -0.2) is 23.0 Å². The lowest BCUT2D eigenvalue weighted by molar-refractivity contribution is -0.142. The van der Waals surface area contributed by atoms with Gasteiger partial charge in [-0.25, -0.2) is 4.79 Å². The van der Waals surface area contributed by atoms with Crippen molar-refractivity contribution in [2.24, 2.45) is 0 Å². The Morgan fingerprint density at radius 2 is 1.78 bits per heavy atom. The predicted octanol–water partition coefficient (Wildman–Crippen LogP) is 3.68. The summed E-state index contributed by atoms with van der Waals surface area (Å²) in [7, 11) is 0. The molecule has 1 amide bonds. The largest absolute Gasteiger partial charge is 0.480 e. The number of aliphatic carboxylic acids is 1. The van der Waals surface area contributed by atoms with Gasteiger partial charge >= 0.3 is 5.97 Å². The van der Waals surface area contributed by atoms with E-state index in [0.717, 1.165) is 19.3 Å². The number of carboxylic acid groups (broad SMARTS) is 1. The van der Waals surface area contributed by atoms with Crippen molar-refractivity contribution >= 4 is 11.9 Å². The first-order chi connectivity index (χ1) is 10.7. The van der Waals surface area contributed by atoms with Crippen LogP contribution in [0.2, 0.25) is 0 Å². The van der Waals surface area contributed by atoms with Gasteiger partial charge in [-0.1, -0.05) is 58.4 Å². The highest BCUT2D eigenvalue weighted by Gasteiger charge is 2.18. The predicted molar refractivity (Wildman–Crippen MR) is 92.6 cm³/mol. The molecule has 1 rings (SSSR count). The molecule has 0 fully saturated rings. The van der Waals surface area contributed by atoms with E-state index in [0.29, 0.717) is 12.8 Å². The van der Waals surface area contributed by atoms with Crippen LogP contribution in [0.15, 0.2) is 24.3 Å². The van der Waals surface area contributed by atoms with Crippen molar-refractivity contribution in [1.82, 2.24) is 5.32 Å². The summed E-state index contributed by atoms with van der Waals surface area (Å²) < 4.78 is 0. The van der Waals surface area contributed by atoms with E-state index in [4.69, 9.17) is 5.11 Å². The summed E-state index contributed by atoms with van der Waals surface area (Å²) in [5.74, 6) is -1.14. The zero-order valence-corrected chi connectivity index (χ0v) is 14.7. The van der Waals surface area contributed by atoms with Crippen LogP contribution in [-0.2, 0) is 21.4 Å². The van der Waals surface area contributed by atoms with Crippen LogP contribution in [0.1, 0.15) is 64.5 Å². The Bertz CT molecular complexity index is 514. The molecule has 0 heterocycles. The molecule has 0 saturated carbocycles. The van der Waals surface area contributed by atoms with Crippen molar-refractivity contribution in [2.45, 2.75) is 71.3 Å². The van der Waals surface area contributed by atoms with Gasteiger partial charge in [0.2, 0.25) is 5.91 Å². The zero-order chi connectivity index (χ0) is 17.5. The van der Waals surface area contributed by atoms with Crippen molar-refractivity contribution in [3.8, 4) is 0 Å². The van der Waals surface area contributed by atoms with Gasteiger partial charge in [0.25, 0.3) is 0 Å². The number of hydrogen-bond acceptors (Lipinski definition) is 2. The van der Waals surface area contributed by atoms with E-state index < -0.39 is 12.0 Å². The van der Waals surface area contributed by atoms with Crippen LogP contribution in [0.3, 0.4) is 0 Å². The van der Waals surface area contributed by atoms with Crippen LogP contribution in [0.5, 0.6) is 0 Å². The zero-order valence-electron chi connectivity index (χ0n) is 14.7. The summed E-state index contributed by atoms with van der Waals surface area (Å²) in [6.07, 6.45) is 3.10. The second-order valence-corrected chi connectivity index (χ2v) is 7.05. The highest BCUT2D eigenvalue weighted by molar-refractivity contribution is 5.83. The molecule has 128 valence electrons. The van der Waals surface area contributed by atoms with Crippen LogP contribution in [0.25, 0.3) is 0 Å². The molecule has 0 radical (unpaired) electrons. The maximum atomic E-state index is 11.8. The average molecular weight is 319 g/mol. The highest BCUT2D eigenvalue weighted by atomic mass is 16.4. The van der Waals surface area contributed by atoms with E-state index in [-0.39, 0.29) is 11.3 Å². The third-order valence-electron chi connectivity index (χ3n) is 3.90. The minimum absolute atomic E-state index is 0.142. The first-order valence-electron chi connectivity index (χ1n) is 8.35. The van der Waals surface area contributed by atoms with Crippen molar-refractivity contribution in [1.29, 1.82) is 0 Å². The lowest BCUT2D eigenvalue weighted by Gasteiger charge is -2.19. The lowest BCUT2D eigenvalue weighted by Crippen LogP contribution is -2.40. The van der Waals surface area contributed by atoms with Gasteiger partial charge in [-0.15, -0.1) is 0 Å². The summed E-state index contributed by atoms with van der Waals surface area (Å²) in [5, 5.41) is 11.6. The molecule has 0 aliphatic rings. The van der Waals surface area contributed by atoms with Gasteiger partial charge in [-0.05, 0) is 35.8 Å². The number of nitrogens with one attached hydrogen (secondary N) is 1. The van der Waals surface area contributed by atoms with Crippen LogP contribution in [0, 0.1) is 0 Å². The summed E-state index contributed by atoms with van der Waals surface area (Å²) in [6, 6.07) is 7.72. The molecule has 0 bridgehead atoms. The number of rotatable bonds is 8. The third kappa shape index (κ3) is 6.85. The number of aryl methyl sites for hydroxylation is 1. The Kier molecular flexibility index (Phi) is 7.27. The fraction of sp³-hybridized carbons (Fsp3) is 0.579. The summed E-state index contributed by atoms with van der Waals surface area (Å²) in [5.41, 5.74) is 2.64. The summed E-state index contributed by atoms with van der Waals surface area (Å²) >= 11 is 0. The first kappa shape index (κ1) is 19.2. The van der Waals surface area contributed by atoms with Crippen molar-refractivity contribution in [3.05, 3.63) is 35.4 Å². The van der Waals surface area contributed by atoms with Gasteiger partial charge in [0.15, 0.2) is 0 Å². The van der Waals surface area contributed by atoms with Crippen LogP contribution >= 0.6 is 0 Å². The first-order valence-corrected chi connectivity index (χ1v) is 8.35. The molecule has 1 aromatic carbocycles. The minimum atomic E-state index is -0.960. The quantitative estimate of drug-likeness (QED) is 0.768. The number of hydrogen-bond donors (Lipinski definition) is 2. The van der Waals surface area contributed by atoms with Gasteiger partial charge < -0.3 is 10.4 Å². The number of carbonyl (C=O) groups is 2. The molecule has 1 aromatic rings. The second kappa shape index (κ2) is 8.70. The van der Waals surface area contributed by atoms with Crippen molar-refractivity contribution in [3.63, 3.8) is 0 Å². The maximum Gasteiger partial charge on any atom is 0.326 e. The summed E-state index contributed by atoms with van der Waals surface area (Å²) in [4.78, 5) is 22.9. The maximum absolute atomic E-state index is 11.8. The van der Waals surface area contributed by atoms with E-state index in [1.807, 2.05) is 6.92 Å². The number of carboxylic acids is 1. The molecule has 1 unspecified atom stereocenters. The molecule has 4 nitrogen and oxygen atoms in total. The second-order valence-electron chi connectivity index (χ2n) is 7.05. The molecule has 0 spiro atoms.